The van der Waals surface area contributed by atoms with E-state index in [1.807, 2.05) is 6.07 Å². The van der Waals surface area contributed by atoms with Crippen LogP contribution in [0.5, 0.6) is 5.75 Å². The highest BCUT2D eigenvalue weighted by atomic mass is 16.5. The first-order chi connectivity index (χ1) is 10.3. The lowest BCUT2D eigenvalue weighted by Gasteiger charge is -2.29. The second-order valence-electron chi connectivity index (χ2n) is 5.74. The van der Waals surface area contributed by atoms with Gasteiger partial charge in [-0.15, -0.1) is 0 Å². The van der Waals surface area contributed by atoms with Gasteiger partial charge in [0.05, 0.1) is 6.61 Å². The molecule has 2 atom stereocenters. The summed E-state index contributed by atoms with van der Waals surface area (Å²) < 4.78 is 5.74. The van der Waals surface area contributed by atoms with E-state index >= 15 is 0 Å². The van der Waals surface area contributed by atoms with E-state index in [2.05, 4.69) is 54.8 Å². The van der Waals surface area contributed by atoms with Crippen molar-refractivity contribution >= 4 is 0 Å². The molecule has 1 heterocycles. The van der Waals surface area contributed by atoms with Crippen LogP contribution in [0.25, 0.3) is 0 Å². The molecule has 0 spiro atoms. The monoisotopic (exact) mass is 282 g/mol. The fraction of sp³-hybridized carbons (Fsp3) is 0.333. The van der Waals surface area contributed by atoms with Crippen molar-refractivity contribution in [1.29, 1.82) is 0 Å². The number of benzene rings is 2. The average Bonchev–Trinajstić information content (AvgIpc) is 2.52. The van der Waals surface area contributed by atoms with Crippen molar-refractivity contribution in [3.05, 3.63) is 65.2 Å². The highest BCUT2D eigenvalue weighted by Gasteiger charge is 2.24. The van der Waals surface area contributed by atoms with Crippen LogP contribution < -0.4 is 16.0 Å². The van der Waals surface area contributed by atoms with E-state index < -0.39 is 0 Å². The number of nitrogens with one attached hydrogen (secondary N) is 1. The first-order valence-corrected chi connectivity index (χ1v) is 7.52. The molecule has 3 rings (SSSR count). The summed E-state index contributed by atoms with van der Waals surface area (Å²) in [6, 6.07) is 17.0. The van der Waals surface area contributed by atoms with Crippen LogP contribution in [0.15, 0.2) is 48.5 Å². The Kier molecular flexibility index (Phi) is 4.23. The number of hydrazine groups is 1. The maximum absolute atomic E-state index is 5.81. The molecule has 0 aliphatic carbocycles. The van der Waals surface area contributed by atoms with E-state index in [0.29, 0.717) is 5.92 Å². The molecule has 2 aromatic rings. The van der Waals surface area contributed by atoms with Gasteiger partial charge in [0.25, 0.3) is 0 Å². The number of hydrogen-bond acceptors (Lipinski definition) is 3. The van der Waals surface area contributed by atoms with Crippen LogP contribution >= 0.6 is 0 Å². The summed E-state index contributed by atoms with van der Waals surface area (Å²) in [5.41, 5.74) is 6.80. The minimum Gasteiger partial charge on any atom is -0.493 e. The third-order valence-electron chi connectivity index (χ3n) is 4.25. The van der Waals surface area contributed by atoms with Gasteiger partial charge in [-0.2, -0.15) is 0 Å². The Hall–Kier alpha value is -1.84. The first-order valence-electron chi connectivity index (χ1n) is 7.52. The maximum atomic E-state index is 5.81. The molecule has 2 unspecified atom stereocenters. The normalized spacial score (nSPS) is 18.7. The molecule has 3 heteroatoms. The number of nitrogens with two attached hydrogens (primary N) is 1. The van der Waals surface area contributed by atoms with Crippen molar-refractivity contribution in [2.75, 3.05) is 6.61 Å². The van der Waals surface area contributed by atoms with Gasteiger partial charge in [-0.05, 0) is 42.9 Å². The fourth-order valence-corrected chi connectivity index (χ4v) is 3.13. The molecule has 2 aromatic carbocycles. The molecule has 0 saturated heterocycles. The zero-order valence-electron chi connectivity index (χ0n) is 12.4. The molecule has 0 saturated carbocycles. The number of aryl methyl sites for hydroxylation is 1. The summed E-state index contributed by atoms with van der Waals surface area (Å²) in [5.74, 6) is 7.32. The molecule has 1 aliphatic rings. The Bertz CT molecular complexity index is 612. The molecule has 110 valence electrons. The Morgan fingerprint density at radius 3 is 2.90 bits per heavy atom. The molecule has 0 aromatic heterocycles. The molecule has 0 amide bonds. The Morgan fingerprint density at radius 1 is 1.24 bits per heavy atom. The van der Waals surface area contributed by atoms with Crippen molar-refractivity contribution in [3.8, 4) is 5.75 Å². The van der Waals surface area contributed by atoms with Gasteiger partial charge in [-0.3, -0.25) is 11.3 Å². The van der Waals surface area contributed by atoms with Crippen LogP contribution in [0.1, 0.15) is 41.5 Å². The quantitative estimate of drug-likeness (QED) is 0.667. The SMILES string of the molecule is Cc1cccc(C(CC2CCOc3ccccc32)NN)c1. The smallest absolute Gasteiger partial charge is 0.122 e. The molecular weight excluding hydrogens is 260 g/mol. The summed E-state index contributed by atoms with van der Waals surface area (Å²) in [7, 11) is 0. The van der Waals surface area contributed by atoms with Gasteiger partial charge < -0.3 is 4.74 Å². The topological polar surface area (TPSA) is 47.3 Å². The minimum absolute atomic E-state index is 0.168. The van der Waals surface area contributed by atoms with E-state index in [-0.39, 0.29) is 6.04 Å². The molecule has 0 radical (unpaired) electrons. The standard InChI is InChI=1S/C18H22N2O/c1-13-5-4-6-15(11-13)17(20-19)12-14-9-10-21-18-8-3-2-7-16(14)18/h2-8,11,14,17,20H,9-10,12,19H2,1H3. The predicted octanol–water partition coefficient (Wildman–Crippen LogP) is 3.46. The van der Waals surface area contributed by atoms with Gasteiger partial charge in [-0.1, -0.05) is 48.0 Å². The fourth-order valence-electron chi connectivity index (χ4n) is 3.13. The Morgan fingerprint density at radius 2 is 2.10 bits per heavy atom. The van der Waals surface area contributed by atoms with Gasteiger partial charge in [0.2, 0.25) is 0 Å². The number of rotatable bonds is 4. The summed E-state index contributed by atoms with van der Waals surface area (Å²) >= 11 is 0. The highest BCUT2D eigenvalue weighted by molar-refractivity contribution is 5.38. The molecule has 0 fully saturated rings. The number of para-hydroxylation sites is 1. The minimum atomic E-state index is 0.168. The van der Waals surface area contributed by atoms with Crippen LogP contribution in [0.4, 0.5) is 0 Å². The van der Waals surface area contributed by atoms with E-state index in [9.17, 15) is 0 Å². The molecule has 3 nitrogen and oxygen atoms in total. The van der Waals surface area contributed by atoms with Crippen LogP contribution in [0.2, 0.25) is 0 Å². The Labute approximate surface area is 126 Å². The van der Waals surface area contributed by atoms with Gasteiger partial charge in [0, 0.05) is 6.04 Å². The van der Waals surface area contributed by atoms with E-state index in [1.54, 1.807) is 0 Å². The molecule has 21 heavy (non-hydrogen) atoms. The zero-order chi connectivity index (χ0) is 14.7. The van der Waals surface area contributed by atoms with Crippen molar-refractivity contribution in [1.82, 2.24) is 5.43 Å². The summed E-state index contributed by atoms with van der Waals surface area (Å²) in [6.45, 7) is 2.90. The third kappa shape index (κ3) is 3.09. The molecule has 1 aliphatic heterocycles. The van der Waals surface area contributed by atoms with Crippen LogP contribution in [-0.4, -0.2) is 6.61 Å². The second kappa shape index (κ2) is 6.29. The molecule has 3 N–H and O–H groups in total. The molecule has 0 bridgehead atoms. The van der Waals surface area contributed by atoms with Crippen molar-refractivity contribution in [3.63, 3.8) is 0 Å². The summed E-state index contributed by atoms with van der Waals surface area (Å²) in [5, 5.41) is 0. The van der Waals surface area contributed by atoms with E-state index in [0.717, 1.165) is 25.2 Å². The summed E-state index contributed by atoms with van der Waals surface area (Å²) in [6.07, 6.45) is 2.03. The second-order valence-corrected chi connectivity index (χ2v) is 5.74. The summed E-state index contributed by atoms with van der Waals surface area (Å²) in [4.78, 5) is 0. The van der Waals surface area contributed by atoms with Gasteiger partial charge in [0.15, 0.2) is 0 Å². The highest BCUT2D eigenvalue weighted by Crippen LogP contribution is 2.38. The van der Waals surface area contributed by atoms with Crippen molar-refractivity contribution < 1.29 is 4.74 Å². The number of ether oxygens (including phenoxy) is 1. The van der Waals surface area contributed by atoms with Crippen LogP contribution in [-0.2, 0) is 0 Å². The largest absolute Gasteiger partial charge is 0.493 e. The number of hydrogen-bond donors (Lipinski definition) is 2. The lowest BCUT2D eigenvalue weighted by Crippen LogP contribution is -2.30. The van der Waals surface area contributed by atoms with Crippen LogP contribution in [0.3, 0.4) is 0 Å². The third-order valence-corrected chi connectivity index (χ3v) is 4.25. The first kappa shape index (κ1) is 14.1. The maximum Gasteiger partial charge on any atom is 0.122 e. The number of fused-ring (bicyclic) bond motifs is 1. The van der Waals surface area contributed by atoms with Gasteiger partial charge >= 0.3 is 0 Å². The van der Waals surface area contributed by atoms with Gasteiger partial charge in [0.1, 0.15) is 5.75 Å². The van der Waals surface area contributed by atoms with E-state index in [1.165, 1.54) is 16.7 Å². The van der Waals surface area contributed by atoms with Crippen molar-refractivity contribution in [2.45, 2.75) is 31.7 Å². The average molecular weight is 282 g/mol. The zero-order valence-corrected chi connectivity index (χ0v) is 12.4. The van der Waals surface area contributed by atoms with E-state index in [4.69, 9.17) is 10.6 Å². The lowest BCUT2D eigenvalue weighted by molar-refractivity contribution is 0.255. The predicted molar refractivity (Wildman–Crippen MR) is 85.2 cm³/mol. The van der Waals surface area contributed by atoms with Crippen molar-refractivity contribution in [2.24, 2.45) is 5.84 Å². The van der Waals surface area contributed by atoms with Gasteiger partial charge in [-0.25, -0.2) is 0 Å². The lowest BCUT2D eigenvalue weighted by atomic mass is 9.85. The Balaban J connectivity index is 1.82. The molecular formula is C18H22N2O. The van der Waals surface area contributed by atoms with Crippen LogP contribution in [0, 0.1) is 6.92 Å².